The molecule has 0 saturated carbocycles. The van der Waals surface area contributed by atoms with Crippen molar-refractivity contribution in [3.8, 4) is 5.75 Å². The number of nitrogens with zero attached hydrogens (tertiary/aromatic N) is 4. The Kier molecular flexibility index (Phi) is 3.07. The van der Waals surface area contributed by atoms with Crippen LogP contribution in [0.5, 0.6) is 5.75 Å². The van der Waals surface area contributed by atoms with Crippen molar-refractivity contribution in [1.82, 2.24) is 14.6 Å². The van der Waals surface area contributed by atoms with E-state index in [9.17, 15) is 4.79 Å². The van der Waals surface area contributed by atoms with Gasteiger partial charge >= 0.3 is 0 Å². The Labute approximate surface area is 130 Å². The maximum absolute atomic E-state index is 11.8. The molecule has 0 N–H and O–H groups in total. The van der Waals surface area contributed by atoms with Crippen molar-refractivity contribution in [2.45, 2.75) is 13.0 Å². The third-order valence-electron chi connectivity index (χ3n) is 3.87. The van der Waals surface area contributed by atoms with Crippen molar-refractivity contribution < 1.29 is 4.74 Å². The molecule has 2 aromatic heterocycles. The third-order valence-corrected chi connectivity index (χ3v) is 4.86. The lowest BCUT2D eigenvalue weighted by atomic mass is 9.99. The number of benzene rings is 1. The molecule has 0 saturated heterocycles. The number of hydrogen-bond acceptors (Lipinski definition) is 6. The highest BCUT2D eigenvalue weighted by molar-refractivity contribution is 7.20. The van der Waals surface area contributed by atoms with Gasteiger partial charge in [-0.15, -0.1) is 5.10 Å². The molecule has 0 fully saturated rings. The maximum atomic E-state index is 11.8. The number of ether oxygens (including phenoxy) is 1. The average molecular weight is 314 g/mol. The van der Waals surface area contributed by atoms with Crippen LogP contribution in [0.2, 0.25) is 0 Å². The predicted octanol–water partition coefficient (Wildman–Crippen LogP) is 1.72. The smallest absolute Gasteiger partial charge is 0.275 e. The molecule has 0 bridgehead atoms. The van der Waals surface area contributed by atoms with Crippen LogP contribution in [0.1, 0.15) is 11.1 Å². The summed E-state index contributed by atoms with van der Waals surface area (Å²) in [5.41, 5.74) is 2.36. The number of anilines is 1. The molecule has 4 rings (SSSR count). The van der Waals surface area contributed by atoms with E-state index < -0.39 is 0 Å². The zero-order valence-corrected chi connectivity index (χ0v) is 12.8. The Hall–Kier alpha value is -2.41. The first-order chi connectivity index (χ1) is 10.8. The SMILES string of the molecule is COc1cccc2c1CCN(c1nn3c(=O)ccnc3s1)C2. The Morgan fingerprint density at radius 2 is 2.23 bits per heavy atom. The lowest BCUT2D eigenvalue weighted by Crippen LogP contribution is -2.30. The maximum Gasteiger partial charge on any atom is 0.275 e. The highest BCUT2D eigenvalue weighted by Gasteiger charge is 2.22. The summed E-state index contributed by atoms with van der Waals surface area (Å²) in [6.45, 7) is 1.61. The summed E-state index contributed by atoms with van der Waals surface area (Å²) >= 11 is 1.44. The highest BCUT2D eigenvalue weighted by atomic mass is 32.1. The Morgan fingerprint density at radius 1 is 1.32 bits per heavy atom. The van der Waals surface area contributed by atoms with Crippen molar-refractivity contribution in [2.75, 3.05) is 18.6 Å². The summed E-state index contributed by atoms with van der Waals surface area (Å²) in [6, 6.07) is 7.54. The molecule has 112 valence electrons. The van der Waals surface area contributed by atoms with E-state index in [4.69, 9.17) is 4.74 Å². The second-order valence-electron chi connectivity index (χ2n) is 5.13. The van der Waals surface area contributed by atoms with E-state index in [0.717, 1.165) is 30.4 Å². The zero-order valence-electron chi connectivity index (χ0n) is 12.0. The Balaban J connectivity index is 1.72. The van der Waals surface area contributed by atoms with Crippen LogP contribution >= 0.6 is 11.3 Å². The Morgan fingerprint density at radius 3 is 3.05 bits per heavy atom. The van der Waals surface area contributed by atoms with Gasteiger partial charge in [0, 0.05) is 30.9 Å². The van der Waals surface area contributed by atoms with Crippen LogP contribution in [-0.2, 0) is 13.0 Å². The first kappa shape index (κ1) is 13.3. The Bertz CT molecular complexity index is 902. The van der Waals surface area contributed by atoms with Crippen LogP contribution in [0.4, 0.5) is 5.13 Å². The van der Waals surface area contributed by atoms with Gasteiger partial charge in [-0.3, -0.25) is 4.79 Å². The molecule has 3 aromatic rings. The molecule has 1 aromatic carbocycles. The minimum atomic E-state index is -0.147. The molecule has 1 aliphatic heterocycles. The molecular weight excluding hydrogens is 300 g/mol. The second-order valence-corrected chi connectivity index (χ2v) is 6.07. The molecule has 22 heavy (non-hydrogen) atoms. The summed E-state index contributed by atoms with van der Waals surface area (Å²) in [6.07, 6.45) is 2.42. The van der Waals surface area contributed by atoms with E-state index in [1.54, 1.807) is 7.11 Å². The van der Waals surface area contributed by atoms with E-state index in [2.05, 4.69) is 21.0 Å². The van der Waals surface area contributed by atoms with E-state index >= 15 is 0 Å². The summed E-state index contributed by atoms with van der Waals surface area (Å²) in [7, 11) is 1.70. The normalized spacial score (nSPS) is 14.1. The van der Waals surface area contributed by atoms with Gasteiger partial charge in [0.1, 0.15) is 5.75 Å². The first-order valence-electron chi connectivity index (χ1n) is 7.01. The molecule has 3 heterocycles. The van der Waals surface area contributed by atoms with Crippen molar-refractivity contribution >= 4 is 21.4 Å². The number of methoxy groups -OCH3 is 1. The second kappa shape index (κ2) is 5.10. The molecule has 0 amide bonds. The first-order valence-corrected chi connectivity index (χ1v) is 7.82. The van der Waals surface area contributed by atoms with Crippen LogP contribution in [0.25, 0.3) is 4.96 Å². The van der Waals surface area contributed by atoms with Crippen molar-refractivity contribution in [2.24, 2.45) is 0 Å². The third kappa shape index (κ3) is 2.05. The summed E-state index contributed by atoms with van der Waals surface area (Å²) in [4.78, 5) is 18.8. The molecule has 0 spiro atoms. The van der Waals surface area contributed by atoms with Gasteiger partial charge in [-0.05, 0) is 18.1 Å². The number of aromatic nitrogens is 3. The van der Waals surface area contributed by atoms with Gasteiger partial charge < -0.3 is 9.64 Å². The molecule has 6 nitrogen and oxygen atoms in total. The molecule has 0 unspecified atom stereocenters. The fraction of sp³-hybridized carbons (Fsp3) is 0.267. The number of hydrogen-bond donors (Lipinski definition) is 0. The lowest BCUT2D eigenvalue weighted by molar-refractivity contribution is 0.407. The van der Waals surface area contributed by atoms with E-state index in [0.29, 0.717) is 4.96 Å². The topological polar surface area (TPSA) is 59.7 Å². The molecular formula is C15H14N4O2S. The van der Waals surface area contributed by atoms with Crippen LogP contribution < -0.4 is 15.2 Å². The quantitative estimate of drug-likeness (QED) is 0.721. The molecule has 1 aliphatic rings. The summed E-state index contributed by atoms with van der Waals surface area (Å²) in [5, 5.41) is 5.23. The van der Waals surface area contributed by atoms with Gasteiger partial charge in [0.25, 0.3) is 5.56 Å². The minimum absolute atomic E-state index is 0.147. The molecule has 7 heteroatoms. The van der Waals surface area contributed by atoms with Crippen LogP contribution in [0, 0.1) is 0 Å². The van der Waals surface area contributed by atoms with Gasteiger partial charge in [0.05, 0.1) is 7.11 Å². The number of fused-ring (bicyclic) bond motifs is 2. The molecule has 0 aliphatic carbocycles. The largest absolute Gasteiger partial charge is 0.496 e. The monoisotopic (exact) mass is 314 g/mol. The van der Waals surface area contributed by atoms with Gasteiger partial charge in [0.15, 0.2) is 0 Å². The van der Waals surface area contributed by atoms with E-state index in [1.165, 1.54) is 39.2 Å². The van der Waals surface area contributed by atoms with Crippen LogP contribution in [0.15, 0.2) is 35.3 Å². The standard InChI is InChI=1S/C15H14N4O2S/c1-21-12-4-2-3-10-9-18(8-6-11(10)12)15-17-19-13(20)5-7-16-14(19)22-15/h2-5,7H,6,8-9H2,1H3. The molecule has 0 radical (unpaired) electrons. The van der Waals surface area contributed by atoms with Crippen LogP contribution in [-0.4, -0.2) is 28.3 Å². The average Bonchev–Trinajstić information content (AvgIpc) is 2.99. The van der Waals surface area contributed by atoms with Gasteiger partial charge in [-0.1, -0.05) is 23.5 Å². The van der Waals surface area contributed by atoms with E-state index in [1.807, 2.05) is 12.1 Å². The van der Waals surface area contributed by atoms with Crippen molar-refractivity contribution in [3.05, 3.63) is 51.9 Å². The zero-order chi connectivity index (χ0) is 15.1. The molecule has 0 atom stereocenters. The highest BCUT2D eigenvalue weighted by Crippen LogP contribution is 2.31. The summed E-state index contributed by atoms with van der Waals surface area (Å²) < 4.78 is 6.79. The van der Waals surface area contributed by atoms with Crippen molar-refractivity contribution in [3.63, 3.8) is 0 Å². The minimum Gasteiger partial charge on any atom is -0.496 e. The van der Waals surface area contributed by atoms with Crippen molar-refractivity contribution in [1.29, 1.82) is 0 Å². The van der Waals surface area contributed by atoms with Gasteiger partial charge in [-0.25, -0.2) is 4.98 Å². The van der Waals surface area contributed by atoms with Gasteiger partial charge in [-0.2, -0.15) is 4.52 Å². The van der Waals surface area contributed by atoms with Crippen LogP contribution in [0.3, 0.4) is 0 Å². The predicted molar refractivity (Wildman–Crippen MR) is 84.9 cm³/mol. The fourth-order valence-corrected chi connectivity index (χ4v) is 3.69. The fourth-order valence-electron chi connectivity index (χ4n) is 2.79. The van der Waals surface area contributed by atoms with E-state index in [-0.39, 0.29) is 5.56 Å². The van der Waals surface area contributed by atoms with Gasteiger partial charge in [0.2, 0.25) is 10.1 Å². The lowest BCUT2D eigenvalue weighted by Gasteiger charge is -2.29. The summed E-state index contributed by atoms with van der Waals surface area (Å²) in [5.74, 6) is 0.944. The number of rotatable bonds is 2.